The zero-order valence-corrected chi connectivity index (χ0v) is 11.9. The highest BCUT2D eigenvalue weighted by Gasteiger charge is 2.33. The van der Waals surface area contributed by atoms with Crippen molar-refractivity contribution in [3.8, 4) is 11.5 Å². The van der Waals surface area contributed by atoms with Gasteiger partial charge in [0.15, 0.2) is 11.5 Å². The van der Waals surface area contributed by atoms with Gasteiger partial charge in [0.1, 0.15) is 0 Å². The van der Waals surface area contributed by atoms with Gasteiger partial charge in [-0.15, -0.1) is 0 Å². The topological polar surface area (TPSA) is 70.8 Å². The van der Waals surface area contributed by atoms with Crippen molar-refractivity contribution < 1.29 is 19.0 Å². The molecule has 1 aromatic carbocycles. The zero-order chi connectivity index (χ0) is 14.5. The van der Waals surface area contributed by atoms with Crippen LogP contribution in [0, 0.1) is 5.41 Å². The SMILES string of the molecule is COC(=O)C(C)(CN)Cc1ccc(OC)c(OC)c1. The van der Waals surface area contributed by atoms with Crippen LogP contribution in [0.5, 0.6) is 11.5 Å². The summed E-state index contributed by atoms with van der Waals surface area (Å²) in [7, 11) is 4.52. The second-order valence-corrected chi connectivity index (χ2v) is 4.62. The lowest BCUT2D eigenvalue weighted by molar-refractivity contribution is -0.151. The monoisotopic (exact) mass is 267 g/mol. The summed E-state index contributed by atoms with van der Waals surface area (Å²) < 4.78 is 15.2. The maximum atomic E-state index is 11.8. The summed E-state index contributed by atoms with van der Waals surface area (Å²) in [4.78, 5) is 11.8. The number of esters is 1. The molecule has 0 aliphatic rings. The largest absolute Gasteiger partial charge is 0.493 e. The van der Waals surface area contributed by atoms with E-state index < -0.39 is 5.41 Å². The molecular formula is C14H21NO4. The Bertz CT molecular complexity index is 447. The average molecular weight is 267 g/mol. The van der Waals surface area contributed by atoms with Gasteiger partial charge in [0.05, 0.1) is 26.7 Å². The third-order valence-electron chi connectivity index (χ3n) is 3.17. The molecule has 0 aliphatic carbocycles. The van der Waals surface area contributed by atoms with Crippen LogP contribution >= 0.6 is 0 Å². The quantitative estimate of drug-likeness (QED) is 0.789. The molecule has 1 rings (SSSR count). The molecule has 1 unspecified atom stereocenters. The fraction of sp³-hybridized carbons (Fsp3) is 0.500. The summed E-state index contributed by atoms with van der Waals surface area (Å²) in [6.45, 7) is 2.00. The van der Waals surface area contributed by atoms with E-state index in [1.54, 1.807) is 21.1 Å². The lowest BCUT2D eigenvalue weighted by Gasteiger charge is -2.25. The van der Waals surface area contributed by atoms with Gasteiger partial charge in [0.25, 0.3) is 0 Å². The Morgan fingerprint density at radius 2 is 1.84 bits per heavy atom. The van der Waals surface area contributed by atoms with E-state index in [1.807, 2.05) is 18.2 Å². The highest BCUT2D eigenvalue weighted by Crippen LogP contribution is 2.31. The first-order valence-electron chi connectivity index (χ1n) is 6.00. The number of hydrogen-bond acceptors (Lipinski definition) is 5. The number of methoxy groups -OCH3 is 3. The maximum Gasteiger partial charge on any atom is 0.313 e. The Hall–Kier alpha value is -1.75. The van der Waals surface area contributed by atoms with Gasteiger partial charge >= 0.3 is 5.97 Å². The van der Waals surface area contributed by atoms with Crippen LogP contribution in [-0.2, 0) is 16.0 Å². The first kappa shape index (κ1) is 15.3. The second kappa shape index (κ2) is 6.43. The van der Waals surface area contributed by atoms with Gasteiger partial charge in [0, 0.05) is 6.54 Å². The Morgan fingerprint density at radius 1 is 1.21 bits per heavy atom. The van der Waals surface area contributed by atoms with Gasteiger partial charge in [-0.3, -0.25) is 4.79 Å². The van der Waals surface area contributed by atoms with E-state index in [4.69, 9.17) is 19.9 Å². The smallest absolute Gasteiger partial charge is 0.313 e. The van der Waals surface area contributed by atoms with Crippen LogP contribution in [0.3, 0.4) is 0 Å². The number of rotatable bonds is 6. The molecule has 0 aromatic heterocycles. The summed E-state index contributed by atoms with van der Waals surface area (Å²) in [5, 5.41) is 0. The third-order valence-corrected chi connectivity index (χ3v) is 3.17. The molecule has 19 heavy (non-hydrogen) atoms. The lowest BCUT2D eigenvalue weighted by atomic mass is 9.83. The molecule has 0 amide bonds. The number of carbonyl (C=O) groups is 1. The number of ether oxygens (including phenoxy) is 3. The Kier molecular flexibility index (Phi) is 5.18. The number of hydrogen-bond donors (Lipinski definition) is 1. The number of benzene rings is 1. The molecule has 0 spiro atoms. The molecule has 5 nitrogen and oxygen atoms in total. The van der Waals surface area contributed by atoms with Gasteiger partial charge in [-0.05, 0) is 31.0 Å². The Labute approximate surface area is 113 Å². The third kappa shape index (κ3) is 3.38. The fourth-order valence-corrected chi connectivity index (χ4v) is 1.92. The van der Waals surface area contributed by atoms with Gasteiger partial charge in [-0.2, -0.15) is 0 Å². The van der Waals surface area contributed by atoms with Crippen molar-refractivity contribution in [2.75, 3.05) is 27.9 Å². The van der Waals surface area contributed by atoms with Crippen molar-refractivity contribution in [3.63, 3.8) is 0 Å². The van der Waals surface area contributed by atoms with Crippen LogP contribution in [0.25, 0.3) is 0 Å². The highest BCUT2D eigenvalue weighted by molar-refractivity contribution is 5.77. The standard InChI is InChI=1S/C14H21NO4/c1-14(9-15,13(16)19-4)8-10-5-6-11(17-2)12(7-10)18-3/h5-7H,8-9,15H2,1-4H3. The summed E-state index contributed by atoms with van der Waals surface area (Å²) in [6, 6.07) is 5.54. The van der Waals surface area contributed by atoms with Crippen LogP contribution in [0.2, 0.25) is 0 Å². The van der Waals surface area contributed by atoms with Crippen molar-refractivity contribution in [2.45, 2.75) is 13.3 Å². The molecule has 5 heteroatoms. The number of carbonyl (C=O) groups excluding carboxylic acids is 1. The molecule has 0 saturated heterocycles. The van der Waals surface area contributed by atoms with Gasteiger partial charge in [-0.25, -0.2) is 0 Å². The van der Waals surface area contributed by atoms with Crippen molar-refractivity contribution in [2.24, 2.45) is 11.1 Å². The minimum Gasteiger partial charge on any atom is -0.493 e. The molecule has 1 atom stereocenters. The van der Waals surface area contributed by atoms with E-state index in [9.17, 15) is 4.79 Å². The van der Waals surface area contributed by atoms with Crippen molar-refractivity contribution >= 4 is 5.97 Å². The summed E-state index contributed by atoms with van der Waals surface area (Å²) >= 11 is 0. The first-order chi connectivity index (χ1) is 9.00. The predicted octanol–water partition coefficient (Wildman–Crippen LogP) is 1.38. The lowest BCUT2D eigenvalue weighted by Crippen LogP contribution is -2.38. The minimum atomic E-state index is -0.742. The van der Waals surface area contributed by atoms with Crippen LogP contribution in [0.15, 0.2) is 18.2 Å². The predicted molar refractivity (Wildman–Crippen MR) is 72.4 cm³/mol. The van der Waals surface area contributed by atoms with E-state index >= 15 is 0 Å². The highest BCUT2D eigenvalue weighted by atomic mass is 16.5. The van der Waals surface area contributed by atoms with Gasteiger partial charge in [0.2, 0.25) is 0 Å². The molecule has 0 aliphatic heterocycles. The fourth-order valence-electron chi connectivity index (χ4n) is 1.92. The van der Waals surface area contributed by atoms with E-state index in [0.717, 1.165) is 5.56 Å². The van der Waals surface area contributed by atoms with Crippen molar-refractivity contribution in [3.05, 3.63) is 23.8 Å². The van der Waals surface area contributed by atoms with Crippen LogP contribution < -0.4 is 15.2 Å². The summed E-state index contributed by atoms with van der Waals surface area (Å²) in [6.07, 6.45) is 0.483. The Balaban J connectivity index is 3.01. The van der Waals surface area contributed by atoms with Crippen molar-refractivity contribution in [1.29, 1.82) is 0 Å². The molecule has 0 fully saturated rings. The molecule has 0 heterocycles. The van der Waals surface area contributed by atoms with Crippen LogP contribution in [0.1, 0.15) is 12.5 Å². The first-order valence-corrected chi connectivity index (χ1v) is 6.00. The van der Waals surface area contributed by atoms with Crippen molar-refractivity contribution in [1.82, 2.24) is 0 Å². The van der Waals surface area contributed by atoms with E-state index in [0.29, 0.717) is 17.9 Å². The van der Waals surface area contributed by atoms with Gasteiger partial charge in [-0.1, -0.05) is 6.07 Å². The van der Waals surface area contributed by atoms with E-state index in [-0.39, 0.29) is 12.5 Å². The zero-order valence-electron chi connectivity index (χ0n) is 11.9. The number of nitrogens with two attached hydrogens (primary N) is 1. The summed E-state index contributed by atoms with van der Waals surface area (Å²) in [5.41, 5.74) is 5.90. The molecule has 0 saturated carbocycles. The normalized spacial score (nSPS) is 13.5. The molecule has 0 bridgehead atoms. The Morgan fingerprint density at radius 3 is 2.32 bits per heavy atom. The van der Waals surface area contributed by atoms with Gasteiger partial charge < -0.3 is 19.9 Å². The maximum absolute atomic E-state index is 11.8. The molecule has 1 aromatic rings. The molecule has 106 valence electrons. The van der Waals surface area contributed by atoms with E-state index in [2.05, 4.69) is 0 Å². The average Bonchev–Trinajstić information content (AvgIpc) is 2.45. The van der Waals surface area contributed by atoms with E-state index in [1.165, 1.54) is 7.11 Å². The minimum absolute atomic E-state index is 0.216. The second-order valence-electron chi connectivity index (χ2n) is 4.62. The summed E-state index contributed by atoms with van der Waals surface area (Å²) in [5.74, 6) is 0.966. The molecular weight excluding hydrogens is 246 g/mol. The van der Waals surface area contributed by atoms with Crippen LogP contribution in [-0.4, -0.2) is 33.8 Å². The molecule has 0 radical (unpaired) electrons. The molecule has 2 N–H and O–H groups in total. The van der Waals surface area contributed by atoms with Crippen LogP contribution in [0.4, 0.5) is 0 Å².